The highest BCUT2D eigenvalue weighted by Crippen LogP contribution is 2.25. The highest BCUT2D eigenvalue weighted by Gasteiger charge is 2.30. The van der Waals surface area contributed by atoms with Gasteiger partial charge in [-0.3, -0.25) is 0 Å². The lowest BCUT2D eigenvalue weighted by molar-refractivity contribution is 0.0203. The summed E-state index contributed by atoms with van der Waals surface area (Å²) in [6.45, 7) is 6.26. The molecule has 1 fully saturated rings. The summed E-state index contributed by atoms with van der Waals surface area (Å²) >= 11 is 5.64. The number of aliphatic imine (C=N–C) groups is 1. The molecule has 0 aromatic heterocycles. The Hall–Kier alpha value is -1.84. The van der Waals surface area contributed by atoms with E-state index in [2.05, 4.69) is 9.71 Å². The summed E-state index contributed by atoms with van der Waals surface area (Å²) in [6.07, 6.45) is 0.603. The number of alkyl halides is 1. The first kappa shape index (κ1) is 22.4. The molecule has 0 saturated carbocycles. The molecule has 1 amide bonds. The second-order valence-corrected chi connectivity index (χ2v) is 9.52. The Balaban J connectivity index is 2.05. The molecule has 0 atom stereocenters. The van der Waals surface area contributed by atoms with Gasteiger partial charge >= 0.3 is 6.09 Å². The van der Waals surface area contributed by atoms with Gasteiger partial charge in [0, 0.05) is 19.1 Å². The Morgan fingerprint density at radius 2 is 1.93 bits per heavy atom. The van der Waals surface area contributed by atoms with E-state index in [-0.39, 0.29) is 34.4 Å². The number of benzene rings is 1. The van der Waals surface area contributed by atoms with Crippen LogP contribution in [0.1, 0.15) is 33.6 Å². The first-order valence-electron chi connectivity index (χ1n) is 9.00. The van der Waals surface area contributed by atoms with Crippen LogP contribution in [0.15, 0.2) is 34.2 Å². The number of carbonyl (C=O) groups excluding carboxylic acids is 1. The van der Waals surface area contributed by atoms with Crippen molar-refractivity contribution in [2.75, 3.05) is 19.0 Å². The molecule has 2 rings (SSSR count). The molecule has 3 N–H and O–H groups in total. The van der Waals surface area contributed by atoms with Gasteiger partial charge in [-0.2, -0.15) is 0 Å². The Kier molecular flexibility index (Phi) is 7.30. The van der Waals surface area contributed by atoms with Gasteiger partial charge in [0.05, 0.1) is 11.6 Å². The van der Waals surface area contributed by atoms with Crippen molar-refractivity contribution in [3.8, 4) is 0 Å². The molecule has 156 valence electrons. The number of ether oxygens (including phenoxy) is 1. The highest BCUT2D eigenvalue weighted by atomic mass is 35.5. The van der Waals surface area contributed by atoms with E-state index in [0.29, 0.717) is 25.9 Å². The third kappa shape index (κ3) is 6.35. The van der Waals surface area contributed by atoms with E-state index in [0.717, 1.165) is 0 Å². The zero-order valence-corrected chi connectivity index (χ0v) is 17.9. The predicted octanol–water partition coefficient (Wildman–Crippen LogP) is 2.59. The largest absolute Gasteiger partial charge is 0.444 e. The summed E-state index contributed by atoms with van der Waals surface area (Å²) in [6, 6.07) is 6.05. The normalized spacial score (nSPS) is 16.9. The molecule has 0 aliphatic carbocycles. The van der Waals surface area contributed by atoms with Crippen molar-refractivity contribution in [1.29, 1.82) is 0 Å². The van der Waals surface area contributed by atoms with Crippen LogP contribution in [0.3, 0.4) is 0 Å². The Labute approximate surface area is 171 Å². The van der Waals surface area contributed by atoms with Crippen LogP contribution >= 0.6 is 11.6 Å². The van der Waals surface area contributed by atoms with Crippen LogP contribution in [0.25, 0.3) is 0 Å². The topological polar surface area (TPSA) is 114 Å². The number of rotatable bonds is 5. The number of hydrogen-bond donors (Lipinski definition) is 2. The predicted molar refractivity (Wildman–Crippen MR) is 110 cm³/mol. The van der Waals surface area contributed by atoms with Crippen LogP contribution in [0.4, 0.5) is 10.5 Å². The molecule has 1 aliphatic rings. The Bertz CT molecular complexity index is 828. The third-order valence-electron chi connectivity index (χ3n) is 4.02. The van der Waals surface area contributed by atoms with Gasteiger partial charge in [0.2, 0.25) is 10.0 Å². The van der Waals surface area contributed by atoms with Gasteiger partial charge in [-0.25, -0.2) is 22.9 Å². The molecule has 0 spiro atoms. The minimum absolute atomic E-state index is 0.00490. The van der Waals surface area contributed by atoms with E-state index in [1.54, 1.807) is 23.1 Å². The standard InChI is InChI=1S/C18H27ClN4O4S/c1-18(2,3)27-17(24)23-10-8-13(9-11-23)22-28(25,26)15-7-5-4-6-14(15)21-16(20)12-19/h4-7,13,22H,8-12H2,1-3H3,(H2,20,21). The molecule has 0 bridgehead atoms. The number of nitrogens with one attached hydrogen (secondary N) is 1. The maximum Gasteiger partial charge on any atom is 0.410 e. The Morgan fingerprint density at radius 3 is 2.50 bits per heavy atom. The van der Waals surface area contributed by atoms with Crippen LogP contribution in [0.2, 0.25) is 0 Å². The van der Waals surface area contributed by atoms with Crippen LogP contribution < -0.4 is 10.5 Å². The molecular weight excluding hydrogens is 404 g/mol. The number of nitrogens with zero attached hydrogens (tertiary/aromatic N) is 2. The summed E-state index contributed by atoms with van der Waals surface area (Å²) < 4.78 is 33.7. The van der Waals surface area contributed by atoms with Crippen molar-refractivity contribution in [1.82, 2.24) is 9.62 Å². The zero-order chi connectivity index (χ0) is 20.9. The van der Waals surface area contributed by atoms with E-state index in [4.69, 9.17) is 22.1 Å². The average molecular weight is 431 g/mol. The van der Waals surface area contributed by atoms with Crippen molar-refractivity contribution in [2.45, 2.75) is 50.2 Å². The SMILES string of the molecule is CC(C)(C)OC(=O)N1CCC(NS(=O)(=O)c2ccccc2N=C(N)CCl)CC1. The number of carbonyl (C=O) groups is 1. The van der Waals surface area contributed by atoms with E-state index >= 15 is 0 Å². The molecule has 0 unspecified atom stereocenters. The molecular formula is C18H27ClN4O4S. The van der Waals surface area contributed by atoms with Gasteiger partial charge in [-0.1, -0.05) is 12.1 Å². The van der Waals surface area contributed by atoms with Gasteiger partial charge in [0.25, 0.3) is 0 Å². The van der Waals surface area contributed by atoms with Crippen LogP contribution in [-0.4, -0.2) is 55.9 Å². The summed E-state index contributed by atoms with van der Waals surface area (Å²) in [5, 5.41) is 0. The minimum Gasteiger partial charge on any atom is -0.444 e. The molecule has 1 saturated heterocycles. The number of nitrogens with two attached hydrogens (primary N) is 1. The number of amidine groups is 1. The molecule has 28 heavy (non-hydrogen) atoms. The lowest BCUT2D eigenvalue weighted by atomic mass is 10.1. The monoisotopic (exact) mass is 430 g/mol. The molecule has 1 aromatic rings. The smallest absolute Gasteiger partial charge is 0.410 e. The molecule has 1 aliphatic heterocycles. The highest BCUT2D eigenvalue weighted by molar-refractivity contribution is 7.89. The number of sulfonamides is 1. The van der Waals surface area contributed by atoms with Crippen LogP contribution in [0.5, 0.6) is 0 Å². The lowest BCUT2D eigenvalue weighted by Crippen LogP contribution is -2.47. The van der Waals surface area contributed by atoms with Crippen LogP contribution in [0, 0.1) is 0 Å². The number of hydrogen-bond acceptors (Lipinski definition) is 5. The van der Waals surface area contributed by atoms with E-state index < -0.39 is 15.6 Å². The van der Waals surface area contributed by atoms with E-state index in [1.807, 2.05) is 20.8 Å². The summed E-state index contributed by atoms with van der Waals surface area (Å²) in [5.41, 5.74) is 5.31. The van der Waals surface area contributed by atoms with Crippen LogP contribution in [-0.2, 0) is 14.8 Å². The summed E-state index contributed by atoms with van der Waals surface area (Å²) in [4.78, 5) is 17.8. The summed E-state index contributed by atoms with van der Waals surface area (Å²) in [5.74, 6) is 0.139. The van der Waals surface area contributed by atoms with E-state index in [1.165, 1.54) is 6.07 Å². The van der Waals surface area contributed by atoms with Crippen molar-refractivity contribution in [2.24, 2.45) is 10.7 Å². The fraction of sp³-hybridized carbons (Fsp3) is 0.556. The summed E-state index contributed by atoms with van der Waals surface area (Å²) in [7, 11) is -3.80. The lowest BCUT2D eigenvalue weighted by Gasteiger charge is -2.33. The fourth-order valence-electron chi connectivity index (χ4n) is 2.75. The maximum absolute atomic E-state index is 12.8. The molecule has 8 nitrogen and oxygen atoms in total. The van der Waals surface area contributed by atoms with Gasteiger partial charge < -0.3 is 15.4 Å². The van der Waals surface area contributed by atoms with Crippen molar-refractivity contribution >= 4 is 39.2 Å². The first-order valence-corrected chi connectivity index (χ1v) is 11.0. The number of piperidine rings is 1. The Morgan fingerprint density at radius 1 is 1.32 bits per heavy atom. The number of likely N-dealkylation sites (tertiary alicyclic amines) is 1. The fourth-order valence-corrected chi connectivity index (χ4v) is 4.26. The van der Waals surface area contributed by atoms with Gasteiger partial charge in [0.15, 0.2) is 0 Å². The van der Waals surface area contributed by atoms with Gasteiger partial charge in [0.1, 0.15) is 16.3 Å². The minimum atomic E-state index is -3.80. The van der Waals surface area contributed by atoms with Gasteiger partial charge in [-0.05, 0) is 45.7 Å². The zero-order valence-electron chi connectivity index (χ0n) is 16.3. The number of para-hydroxylation sites is 1. The first-order chi connectivity index (χ1) is 13.0. The van der Waals surface area contributed by atoms with Crippen molar-refractivity contribution in [3.05, 3.63) is 24.3 Å². The number of halogens is 1. The molecule has 10 heteroatoms. The quantitative estimate of drug-likeness (QED) is 0.423. The average Bonchev–Trinajstić information content (AvgIpc) is 2.60. The number of amides is 1. The molecule has 1 heterocycles. The molecule has 0 radical (unpaired) electrons. The second-order valence-electron chi connectivity index (χ2n) is 7.57. The van der Waals surface area contributed by atoms with Crippen molar-refractivity contribution in [3.63, 3.8) is 0 Å². The maximum atomic E-state index is 12.8. The second kappa shape index (κ2) is 9.11. The van der Waals surface area contributed by atoms with Crippen molar-refractivity contribution < 1.29 is 17.9 Å². The third-order valence-corrected chi connectivity index (χ3v) is 5.87. The molecule has 1 aromatic carbocycles. The van der Waals surface area contributed by atoms with Gasteiger partial charge in [-0.15, -0.1) is 11.6 Å². The van der Waals surface area contributed by atoms with E-state index in [9.17, 15) is 13.2 Å².